The van der Waals surface area contributed by atoms with Gasteiger partial charge in [-0.2, -0.15) is 0 Å². The summed E-state index contributed by atoms with van der Waals surface area (Å²) in [4.78, 5) is 28.1. The van der Waals surface area contributed by atoms with Crippen molar-refractivity contribution in [1.82, 2.24) is 4.90 Å². The average Bonchev–Trinajstić information content (AvgIpc) is 3.16. The summed E-state index contributed by atoms with van der Waals surface area (Å²) in [5.41, 5.74) is 3.50. The molecule has 1 atom stereocenters. The van der Waals surface area contributed by atoms with Gasteiger partial charge >= 0.3 is 0 Å². The lowest BCUT2D eigenvalue weighted by Gasteiger charge is -2.26. The third-order valence-corrected chi connectivity index (χ3v) is 6.76. The van der Waals surface area contributed by atoms with E-state index in [1.165, 1.54) is 0 Å². The Morgan fingerprint density at radius 2 is 1.64 bits per heavy atom. The minimum Gasteiger partial charge on any atom is -0.507 e. The molecule has 0 aromatic heterocycles. The first kappa shape index (κ1) is 23.7. The summed E-state index contributed by atoms with van der Waals surface area (Å²) in [6, 6.07) is 22.1. The summed E-state index contributed by atoms with van der Waals surface area (Å²) in [5.74, 6) is -0.0774. The zero-order chi connectivity index (χ0) is 25.2. The molecular formula is C30H29NO5. The first-order valence-electron chi connectivity index (χ1n) is 12.3. The van der Waals surface area contributed by atoms with Crippen molar-refractivity contribution in [3.8, 4) is 11.5 Å². The molecule has 2 heterocycles. The van der Waals surface area contributed by atoms with Gasteiger partial charge in [0.1, 0.15) is 19.0 Å². The van der Waals surface area contributed by atoms with E-state index >= 15 is 0 Å². The molecule has 0 unspecified atom stereocenters. The number of ether oxygens (including phenoxy) is 2. The fourth-order valence-electron chi connectivity index (χ4n) is 4.76. The Morgan fingerprint density at radius 3 is 2.33 bits per heavy atom. The van der Waals surface area contributed by atoms with Crippen molar-refractivity contribution < 1.29 is 24.2 Å². The van der Waals surface area contributed by atoms with E-state index in [4.69, 9.17) is 9.47 Å². The largest absolute Gasteiger partial charge is 0.507 e. The highest BCUT2D eigenvalue weighted by Crippen LogP contribution is 2.41. The highest BCUT2D eigenvalue weighted by molar-refractivity contribution is 6.46. The monoisotopic (exact) mass is 483 g/mol. The van der Waals surface area contributed by atoms with E-state index in [0.29, 0.717) is 49.2 Å². The van der Waals surface area contributed by atoms with Gasteiger partial charge in [0.15, 0.2) is 11.5 Å². The molecule has 3 aromatic carbocycles. The van der Waals surface area contributed by atoms with Crippen molar-refractivity contribution in [1.29, 1.82) is 0 Å². The van der Waals surface area contributed by atoms with Gasteiger partial charge < -0.3 is 19.5 Å². The van der Waals surface area contributed by atoms with Gasteiger partial charge in [0.25, 0.3) is 11.7 Å². The molecule has 1 N–H and O–H groups in total. The second-order valence-corrected chi connectivity index (χ2v) is 9.41. The van der Waals surface area contributed by atoms with E-state index in [2.05, 4.69) is 13.8 Å². The van der Waals surface area contributed by atoms with Crippen LogP contribution in [0.5, 0.6) is 11.5 Å². The number of aliphatic hydroxyl groups excluding tert-OH is 1. The highest BCUT2D eigenvalue weighted by atomic mass is 16.6. The molecule has 1 fully saturated rings. The first-order valence-corrected chi connectivity index (χ1v) is 12.3. The zero-order valence-corrected chi connectivity index (χ0v) is 20.4. The van der Waals surface area contributed by atoms with Gasteiger partial charge in [-0.15, -0.1) is 0 Å². The average molecular weight is 484 g/mol. The van der Waals surface area contributed by atoms with Crippen LogP contribution in [0, 0.1) is 0 Å². The lowest BCUT2D eigenvalue weighted by molar-refractivity contribution is -0.139. The molecule has 1 saturated heterocycles. The highest BCUT2D eigenvalue weighted by Gasteiger charge is 2.45. The Balaban J connectivity index is 1.57. The Kier molecular flexibility index (Phi) is 6.51. The van der Waals surface area contributed by atoms with Crippen LogP contribution in [0.25, 0.3) is 5.76 Å². The van der Waals surface area contributed by atoms with Gasteiger partial charge in [0.2, 0.25) is 0 Å². The molecule has 1 amide bonds. The molecule has 0 saturated carbocycles. The third kappa shape index (κ3) is 4.47. The molecule has 0 radical (unpaired) electrons. The Hall–Kier alpha value is -4.06. The number of rotatable bonds is 6. The molecular weight excluding hydrogens is 454 g/mol. The Morgan fingerprint density at radius 1 is 0.944 bits per heavy atom. The van der Waals surface area contributed by atoms with Crippen LogP contribution in [0.15, 0.2) is 78.4 Å². The maximum absolute atomic E-state index is 13.3. The van der Waals surface area contributed by atoms with Gasteiger partial charge in [-0.05, 0) is 47.2 Å². The van der Waals surface area contributed by atoms with Gasteiger partial charge in [0.05, 0.1) is 11.6 Å². The molecule has 6 nitrogen and oxygen atoms in total. The number of ketones is 1. The Labute approximate surface area is 210 Å². The van der Waals surface area contributed by atoms with Gasteiger partial charge in [-0.1, -0.05) is 68.4 Å². The second-order valence-electron chi connectivity index (χ2n) is 9.41. The van der Waals surface area contributed by atoms with Crippen molar-refractivity contribution in [3.05, 3.63) is 101 Å². The first-order chi connectivity index (χ1) is 17.4. The normalized spacial score (nSPS) is 18.6. The summed E-state index contributed by atoms with van der Waals surface area (Å²) >= 11 is 0. The summed E-state index contributed by atoms with van der Waals surface area (Å²) in [7, 11) is 0. The van der Waals surface area contributed by atoms with Gasteiger partial charge in [-0.25, -0.2) is 0 Å². The number of hydrogen-bond acceptors (Lipinski definition) is 5. The topological polar surface area (TPSA) is 76.1 Å². The van der Waals surface area contributed by atoms with Crippen LogP contribution in [-0.2, 0) is 16.0 Å². The van der Waals surface area contributed by atoms with E-state index in [1.54, 1.807) is 23.1 Å². The molecule has 2 aliphatic heterocycles. The third-order valence-electron chi connectivity index (χ3n) is 6.76. The molecule has 0 bridgehead atoms. The summed E-state index contributed by atoms with van der Waals surface area (Å²) < 4.78 is 11.2. The molecule has 2 aliphatic rings. The number of hydrogen-bond donors (Lipinski definition) is 1. The smallest absolute Gasteiger partial charge is 0.295 e. The number of fused-ring (bicyclic) bond motifs is 1. The molecule has 184 valence electrons. The van der Waals surface area contributed by atoms with Crippen molar-refractivity contribution in [3.63, 3.8) is 0 Å². The van der Waals surface area contributed by atoms with E-state index in [0.717, 1.165) is 16.7 Å². The van der Waals surface area contributed by atoms with E-state index in [-0.39, 0.29) is 11.3 Å². The number of carbonyl (C=O) groups excluding carboxylic acids is 2. The quantitative estimate of drug-likeness (QED) is 0.295. The SMILES string of the molecule is CC(C)c1ccc([C@H]2/C(=C(\O)c3ccc4c(c3)OCCO4)C(=O)C(=O)N2CCc2ccccc2)cc1. The fraction of sp³-hybridized carbons (Fsp3) is 0.267. The molecule has 3 aromatic rings. The molecule has 5 rings (SSSR count). The molecule has 6 heteroatoms. The van der Waals surface area contributed by atoms with E-state index < -0.39 is 17.7 Å². The predicted molar refractivity (Wildman–Crippen MR) is 137 cm³/mol. The van der Waals surface area contributed by atoms with Gasteiger partial charge in [0, 0.05) is 12.1 Å². The standard InChI is InChI=1S/C30H29NO5/c1-19(2)21-8-10-22(11-9-21)27-26(28(32)23-12-13-24-25(18-23)36-17-16-35-24)29(33)30(34)31(27)15-14-20-6-4-3-5-7-20/h3-13,18-19,27,32H,14-17H2,1-2H3/b28-26+/t27-/m0/s1. The van der Waals surface area contributed by atoms with Gasteiger partial charge in [-0.3, -0.25) is 9.59 Å². The van der Waals surface area contributed by atoms with E-state index in [9.17, 15) is 14.7 Å². The zero-order valence-electron chi connectivity index (χ0n) is 20.4. The molecule has 0 spiro atoms. The number of Topliss-reactive ketones (excluding diaryl/α,β-unsaturated/α-hetero) is 1. The van der Waals surface area contributed by atoms with Crippen molar-refractivity contribution in [2.24, 2.45) is 0 Å². The number of amides is 1. The fourth-order valence-corrected chi connectivity index (χ4v) is 4.76. The van der Waals surface area contributed by atoms with Crippen LogP contribution in [0.4, 0.5) is 0 Å². The number of carbonyl (C=O) groups is 2. The lowest BCUT2D eigenvalue weighted by atomic mass is 9.93. The maximum Gasteiger partial charge on any atom is 0.295 e. The van der Waals surface area contributed by atoms with Crippen LogP contribution in [0.2, 0.25) is 0 Å². The molecule has 36 heavy (non-hydrogen) atoms. The minimum atomic E-state index is -0.692. The second kappa shape index (κ2) is 9.90. The number of nitrogens with zero attached hydrogens (tertiary/aromatic N) is 1. The van der Waals surface area contributed by atoms with Crippen LogP contribution in [0.1, 0.15) is 48.1 Å². The maximum atomic E-state index is 13.3. The number of aliphatic hydroxyl groups is 1. The lowest BCUT2D eigenvalue weighted by Crippen LogP contribution is -2.31. The van der Waals surface area contributed by atoms with Crippen LogP contribution in [-0.4, -0.2) is 41.5 Å². The Bertz CT molecular complexity index is 1310. The van der Waals surface area contributed by atoms with Crippen molar-refractivity contribution in [2.75, 3.05) is 19.8 Å². The molecule has 0 aliphatic carbocycles. The summed E-state index contributed by atoms with van der Waals surface area (Å²) in [6.07, 6.45) is 0.596. The minimum absolute atomic E-state index is 0.0852. The van der Waals surface area contributed by atoms with E-state index in [1.807, 2.05) is 54.6 Å². The van der Waals surface area contributed by atoms with Crippen molar-refractivity contribution >= 4 is 17.4 Å². The number of benzene rings is 3. The summed E-state index contributed by atoms with van der Waals surface area (Å²) in [6.45, 7) is 5.44. The predicted octanol–water partition coefficient (Wildman–Crippen LogP) is 5.25. The van der Waals surface area contributed by atoms with Crippen LogP contribution >= 0.6 is 0 Å². The number of likely N-dealkylation sites (tertiary alicyclic amines) is 1. The van der Waals surface area contributed by atoms with Crippen molar-refractivity contribution in [2.45, 2.75) is 32.2 Å². The van der Waals surface area contributed by atoms with Crippen LogP contribution < -0.4 is 9.47 Å². The van der Waals surface area contributed by atoms with Crippen LogP contribution in [0.3, 0.4) is 0 Å². The summed E-state index contributed by atoms with van der Waals surface area (Å²) in [5, 5.41) is 11.4.